The van der Waals surface area contributed by atoms with Gasteiger partial charge in [-0.1, -0.05) is 41.0 Å². The van der Waals surface area contributed by atoms with Gasteiger partial charge >= 0.3 is 0 Å². The van der Waals surface area contributed by atoms with Crippen molar-refractivity contribution in [2.75, 3.05) is 7.05 Å². The van der Waals surface area contributed by atoms with E-state index >= 15 is 0 Å². The van der Waals surface area contributed by atoms with Crippen LogP contribution < -0.4 is 5.32 Å². The molecule has 17 heavy (non-hydrogen) atoms. The predicted molar refractivity (Wildman–Crippen MR) is 78.9 cm³/mol. The summed E-state index contributed by atoms with van der Waals surface area (Å²) in [5, 5.41) is 3.46. The molecule has 2 heteroatoms. The Bertz CT molecular complexity index is 335. The normalized spacial score (nSPS) is 15.9. The van der Waals surface area contributed by atoms with Crippen molar-refractivity contribution in [3.05, 3.63) is 21.9 Å². The average Bonchev–Trinajstić information content (AvgIpc) is 2.74. The second-order valence-corrected chi connectivity index (χ2v) is 7.16. The summed E-state index contributed by atoms with van der Waals surface area (Å²) in [7, 11) is 2.07. The van der Waals surface area contributed by atoms with Gasteiger partial charge in [-0.3, -0.25) is 0 Å². The lowest BCUT2D eigenvalue weighted by atomic mass is 9.94. The van der Waals surface area contributed by atoms with Gasteiger partial charge in [-0.25, -0.2) is 0 Å². The smallest absolute Gasteiger partial charge is 0.0415 e. The summed E-state index contributed by atoms with van der Waals surface area (Å²) in [6.07, 6.45) is 2.49. The third-order valence-corrected chi connectivity index (χ3v) is 5.02. The fourth-order valence-electron chi connectivity index (χ4n) is 1.89. The predicted octanol–water partition coefficient (Wildman–Crippen LogP) is 4.74. The standard InChI is InChI=1S/C15H27NS/c1-7-11(2)10-12(16-6)13-8-9-14(17-13)15(3,4)5/h8-9,11-12,16H,7,10H2,1-6H3. The van der Waals surface area contributed by atoms with Crippen LogP contribution in [0.4, 0.5) is 0 Å². The van der Waals surface area contributed by atoms with Crippen molar-refractivity contribution < 1.29 is 0 Å². The molecule has 1 nitrogen and oxygen atoms in total. The topological polar surface area (TPSA) is 12.0 Å². The molecule has 2 atom stereocenters. The summed E-state index contributed by atoms with van der Waals surface area (Å²) in [4.78, 5) is 2.97. The number of thiophene rings is 1. The minimum atomic E-state index is 0.275. The zero-order chi connectivity index (χ0) is 13.1. The minimum absolute atomic E-state index is 0.275. The maximum atomic E-state index is 3.46. The fourth-order valence-corrected chi connectivity index (χ4v) is 3.08. The van der Waals surface area contributed by atoms with Crippen molar-refractivity contribution in [1.29, 1.82) is 0 Å². The first-order valence-electron chi connectivity index (χ1n) is 6.66. The molecule has 0 aliphatic rings. The molecular weight excluding hydrogens is 226 g/mol. The van der Waals surface area contributed by atoms with Crippen molar-refractivity contribution in [1.82, 2.24) is 5.32 Å². The van der Waals surface area contributed by atoms with Crippen LogP contribution in [-0.2, 0) is 5.41 Å². The highest BCUT2D eigenvalue weighted by Crippen LogP contribution is 2.34. The lowest BCUT2D eigenvalue weighted by Crippen LogP contribution is -2.17. The molecule has 0 saturated carbocycles. The molecule has 1 rings (SSSR count). The van der Waals surface area contributed by atoms with Gasteiger partial charge < -0.3 is 5.32 Å². The first-order valence-corrected chi connectivity index (χ1v) is 7.47. The summed E-state index contributed by atoms with van der Waals surface area (Å²) >= 11 is 1.96. The van der Waals surface area contributed by atoms with Gasteiger partial charge in [0.15, 0.2) is 0 Å². The van der Waals surface area contributed by atoms with Crippen LogP contribution >= 0.6 is 11.3 Å². The summed E-state index contributed by atoms with van der Waals surface area (Å²) in [5.41, 5.74) is 0.275. The van der Waals surface area contributed by atoms with Crippen LogP contribution in [0, 0.1) is 5.92 Å². The highest BCUT2D eigenvalue weighted by Gasteiger charge is 2.20. The molecule has 1 aromatic heterocycles. The van der Waals surface area contributed by atoms with Crippen molar-refractivity contribution in [3.63, 3.8) is 0 Å². The zero-order valence-corrected chi connectivity index (χ0v) is 12.9. The summed E-state index contributed by atoms with van der Waals surface area (Å²) in [6.45, 7) is 11.5. The molecule has 1 aromatic rings. The Labute approximate surface area is 111 Å². The second-order valence-electron chi connectivity index (χ2n) is 6.04. The van der Waals surface area contributed by atoms with E-state index in [1.165, 1.54) is 22.6 Å². The Kier molecular flexibility index (Phi) is 5.21. The van der Waals surface area contributed by atoms with Gasteiger partial charge in [-0.2, -0.15) is 0 Å². The largest absolute Gasteiger partial charge is 0.312 e. The molecule has 2 unspecified atom stereocenters. The second kappa shape index (κ2) is 6.01. The average molecular weight is 253 g/mol. The summed E-state index contributed by atoms with van der Waals surface area (Å²) < 4.78 is 0. The van der Waals surface area contributed by atoms with E-state index in [1.54, 1.807) is 0 Å². The molecular formula is C15H27NS. The van der Waals surface area contributed by atoms with E-state index in [-0.39, 0.29) is 5.41 Å². The van der Waals surface area contributed by atoms with Crippen molar-refractivity contribution in [3.8, 4) is 0 Å². The monoisotopic (exact) mass is 253 g/mol. The molecule has 0 fully saturated rings. The molecule has 0 amide bonds. The molecule has 0 saturated heterocycles. The molecule has 0 aromatic carbocycles. The van der Waals surface area contributed by atoms with Crippen LogP contribution in [0.15, 0.2) is 12.1 Å². The Hall–Kier alpha value is -0.340. The molecule has 0 aliphatic carbocycles. The lowest BCUT2D eigenvalue weighted by Gasteiger charge is -2.19. The van der Waals surface area contributed by atoms with Crippen LogP contribution in [0.3, 0.4) is 0 Å². The van der Waals surface area contributed by atoms with Gasteiger partial charge in [-0.15, -0.1) is 11.3 Å². The van der Waals surface area contributed by atoms with Crippen LogP contribution in [0.25, 0.3) is 0 Å². The third kappa shape index (κ3) is 4.11. The lowest BCUT2D eigenvalue weighted by molar-refractivity contribution is 0.426. The third-order valence-electron chi connectivity index (χ3n) is 3.39. The summed E-state index contributed by atoms with van der Waals surface area (Å²) in [5.74, 6) is 0.785. The van der Waals surface area contributed by atoms with E-state index in [1.807, 2.05) is 11.3 Å². The van der Waals surface area contributed by atoms with Gasteiger partial charge in [0.1, 0.15) is 0 Å². The van der Waals surface area contributed by atoms with Crippen LogP contribution in [-0.4, -0.2) is 7.05 Å². The molecule has 1 heterocycles. The number of rotatable bonds is 5. The van der Waals surface area contributed by atoms with Crippen molar-refractivity contribution in [2.24, 2.45) is 5.92 Å². The number of hydrogen-bond donors (Lipinski definition) is 1. The first-order chi connectivity index (χ1) is 7.88. The van der Waals surface area contributed by atoms with Gasteiger partial charge in [0.2, 0.25) is 0 Å². The fraction of sp³-hybridized carbons (Fsp3) is 0.733. The van der Waals surface area contributed by atoms with Crippen LogP contribution in [0.1, 0.15) is 63.3 Å². The quantitative estimate of drug-likeness (QED) is 0.799. The minimum Gasteiger partial charge on any atom is -0.312 e. The van der Waals surface area contributed by atoms with Gasteiger partial charge in [-0.05, 0) is 36.9 Å². The molecule has 0 radical (unpaired) electrons. The number of hydrogen-bond acceptors (Lipinski definition) is 2. The number of nitrogens with one attached hydrogen (secondary N) is 1. The Morgan fingerprint density at radius 2 is 1.94 bits per heavy atom. The van der Waals surface area contributed by atoms with E-state index < -0.39 is 0 Å². The molecule has 0 bridgehead atoms. The van der Waals surface area contributed by atoms with E-state index in [9.17, 15) is 0 Å². The van der Waals surface area contributed by atoms with Crippen LogP contribution in [0.5, 0.6) is 0 Å². The van der Waals surface area contributed by atoms with Crippen molar-refractivity contribution >= 4 is 11.3 Å². The molecule has 0 spiro atoms. The van der Waals surface area contributed by atoms with E-state index in [2.05, 4.69) is 59.1 Å². The SMILES string of the molecule is CCC(C)CC(NC)c1ccc(C(C)(C)C)s1. The molecule has 1 N–H and O–H groups in total. The highest BCUT2D eigenvalue weighted by molar-refractivity contribution is 7.12. The van der Waals surface area contributed by atoms with Crippen LogP contribution in [0.2, 0.25) is 0 Å². The van der Waals surface area contributed by atoms with E-state index in [4.69, 9.17) is 0 Å². The van der Waals surface area contributed by atoms with Gasteiger partial charge in [0.25, 0.3) is 0 Å². The molecule has 98 valence electrons. The highest BCUT2D eigenvalue weighted by atomic mass is 32.1. The Balaban J connectivity index is 2.79. The Morgan fingerprint density at radius 3 is 2.35 bits per heavy atom. The summed E-state index contributed by atoms with van der Waals surface area (Å²) in [6, 6.07) is 5.11. The maximum Gasteiger partial charge on any atom is 0.0415 e. The zero-order valence-electron chi connectivity index (χ0n) is 12.1. The maximum absolute atomic E-state index is 3.46. The van der Waals surface area contributed by atoms with E-state index in [0.717, 1.165) is 5.92 Å². The molecule has 0 aliphatic heterocycles. The Morgan fingerprint density at radius 1 is 1.29 bits per heavy atom. The van der Waals surface area contributed by atoms with Gasteiger partial charge in [0, 0.05) is 15.8 Å². The van der Waals surface area contributed by atoms with Gasteiger partial charge in [0.05, 0.1) is 0 Å². The van der Waals surface area contributed by atoms with Crippen molar-refractivity contribution in [2.45, 2.75) is 58.9 Å². The van der Waals surface area contributed by atoms with E-state index in [0.29, 0.717) is 6.04 Å². The first kappa shape index (κ1) is 14.7.